The van der Waals surface area contributed by atoms with E-state index in [9.17, 15) is 18.7 Å². The van der Waals surface area contributed by atoms with Gasteiger partial charge < -0.3 is 15.2 Å². The summed E-state index contributed by atoms with van der Waals surface area (Å²) in [4.78, 5) is 26.3. The minimum atomic E-state index is -2.59. The van der Waals surface area contributed by atoms with Crippen LogP contribution in [0, 0.1) is 18.8 Å². The van der Waals surface area contributed by atoms with Gasteiger partial charge in [-0.3, -0.25) is 14.3 Å². The number of aromatic nitrogens is 3. The number of aryl methyl sites for hydroxylation is 1. The van der Waals surface area contributed by atoms with E-state index in [0.717, 1.165) is 11.1 Å². The Kier molecular flexibility index (Phi) is 10.1. The van der Waals surface area contributed by atoms with E-state index in [0.29, 0.717) is 60.1 Å². The Balaban J connectivity index is 1.18. The van der Waals surface area contributed by atoms with E-state index in [1.54, 1.807) is 25.3 Å². The topological polar surface area (TPSA) is 100 Å². The predicted molar refractivity (Wildman–Crippen MR) is 167 cm³/mol. The lowest BCUT2D eigenvalue weighted by atomic mass is 9.73. The number of hydrogen-bond donors (Lipinski definition) is 1. The van der Waals surface area contributed by atoms with Crippen molar-refractivity contribution in [1.82, 2.24) is 15.0 Å². The number of esters is 1. The molecule has 1 N–H and O–H groups in total. The zero-order valence-electron chi connectivity index (χ0n) is 26.8. The van der Waals surface area contributed by atoms with Crippen molar-refractivity contribution in [2.75, 3.05) is 26.1 Å². The molecule has 10 heteroatoms. The second-order valence-electron chi connectivity index (χ2n) is 13.6. The summed E-state index contributed by atoms with van der Waals surface area (Å²) >= 11 is 0. The molecule has 0 aromatic carbocycles. The summed E-state index contributed by atoms with van der Waals surface area (Å²) in [5.41, 5.74) is 1.22. The van der Waals surface area contributed by atoms with Gasteiger partial charge in [-0.25, -0.2) is 18.7 Å². The minimum Gasteiger partial charge on any atom is -0.845 e. The van der Waals surface area contributed by atoms with Crippen molar-refractivity contribution in [2.24, 2.45) is 11.8 Å². The van der Waals surface area contributed by atoms with Crippen molar-refractivity contribution in [3.05, 3.63) is 65.6 Å². The molecule has 3 aromatic heterocycles. The zero-order chi connectivity index (χ0) is 32.2. The molecule has 2 saturated carbocycles. The first-order chi connectivity index (χ1) is 21.4. The Morgan fingerprint density at radius 1 is 1.02 bits per heavy atom. The van der Waals surface area contributed by atoms with Crippen LogP contribution in [0.25, 0.3) is 11.3 Å². The maximum Gasteiger partial charge on any atom is 0.313 e. The number of rotatable bonds is 10. The molecule has 8 nitrogen and oxygen atoms in total. The molecule has 0 bridgehead atoms. The van der Waals surface area contributed by atoms with E-state index in [1.807, 2.05) is 19.1 Å². The second-order valence-corrected chi connectivity index (χ2v) is 13.6. The summed E-state index contributed by atoms with van der Waals surface area (Å²) in [6.07, 6.45) is 9.15. The van der Waals surface area contributed by atoms with Gasteiger partial charge in [0.15, 0.2) is 0 Å². The summed E-state index contributed by atoms with van der Waals surface area (Å²) in [6, 6.07) is 10.4. The number of carbonyl (C=O) groups excluding carboxylic acids is 1. The number of ether oxygens (including phenoxy) is 1. The number of nitrogens with one attached hydrogen (secondary N) is 1. The van der Waals surface area contributed by atoms with Crippen LogP contribution in [0.3, 0.4) is 0 Å². The Hall–Kier alpha value is -3.50. The van der Waals surface area contributed by atoms with Gasteiger partial charge in [0.1, 0.15) is 11.6 Å². The van der Waals surface area contributed by atoms with Crippen molar-refractivity contribution < 1.29 is 27.9 Å². The first-order valence-electron chi connectivity index (χ1n) is 16.1. The van der Waals surface area contributed by atoms with Gasteiger partial charge in [0.25, 0.3) is 6.43 Å². The van der Waals surface area contributed by atoms with Crippen molar-refractivity contribution >= 4 is 17.6 Å². The molecule has 0 spiro atoms. The molecule has 0 aliphatic heterocycles. The van der Waals surface area contributed by atoms with E-state index in [4.69, 9.17) is 4.74 Å². The van der Waals surface area contributed by atoms with Crippen LogP contribution in [0.1, 0.15) is 88.0 Å². The van der Waals surface area contributed by atoms with Gasteiger partial charge in [-0.05, 0) is 93.3 Å². The molecule has 0 unspecified atom stereocenters. The standard InChI is InChI=1S/C35H45F2N5O3/c1-23-18-29(40-32(19-23)41-31-20-25(33(36)37)16-17-38-31)26-12-15-30(39-21-26)35(2,44)27-13-10-24(11-14-27)34(43)45-22-42(3,4)28-8-6-5-7-9-28/h12,15-21,24,27-28,33H,5-11,13-14,22H2,1-4H3,(H,38,40,41)/t24?,27?,35-/m1/s1. The lowest BCUT2D eigenvalue weighted by Gasteiger charge is -2.46. The second kappa shape index (κ2) is 13.9. The van der Waals surface area contributed by atoms with Crippen molar-refractivity contribution in [1.29, 1.82) is 0 Å². The molecule has 0 saturated heterocycles. The normalized spacial score (nSPS) is 20.9. The quantitative estimate of drug-likeness (QED) is 0.151. The molecule has 5 rings (SSSR count). The van der Waals surface area contributed by atoms with E-state index in [-0.39, 0.29) is 29.2 Å². The van der Waals surface area contributed by atoms with Gasteiger partial charge in [-0.1, -0.05) is 31.8 Å². The predicted octanol–water partition coefficient (Wildman–Crippen LogP) is 6.82. The van der Waals surface area contributed by atoms with Gasteiger partial charge >= 0.3 is 5.97 Å². The number of hydrogen-bond acceptors (Lipinski definition) is 7. The first-order valence-corrected chi connectivity index (χ1v) is 16.1. The molecular weight excluding hydrogens is 576 g/mol. The van der Waals surface area contributed by atoms with E-state index in [1.165, 1.54) is 50.4 Å². The highest BCUT2D eigenvalue weighted by atomic mass is 19.3. The molecule has 2 aliphatic rings. The maximum atomic E-state index is 13.9. The molecule has 3 aromatic rings. The third-order valence-electron chi connectivity index (χ3n) is 9.77. The average molecular weight is 622 g/mol. The van der Waals surface area contributed by atoms with Crippen LogP contribution >= 0.6 is 0 Å². The highest BCUT2D eigenvalue weighted by Crippen LogP contribution is 2.39. The molecule has 2 aliphatic carbocycles. The lowest BCUT2D eigenvalue weighted by molar-refractivity contribution is -0.932. The van der Waals surface area contributed by atoms with Crippen LogP contribution in [-0.2, 0) is 15.1 Å². The van der Waals surface area contributed by atoms with Crippen molar-refractivity contribution in [2.45, 2.75) is 89.7 Å². The SMILES string of the molecule is Cc1cc(Nc2cc(C(F)F)ccn2)nc(-c2ccc([C@](C)([O-])C3CCC(C(=O)OC[N+](C)(C)C4CCCCC4)CC3)nc2)c1. The minimum absolute atomic E-state index is 0.123. The smallest absolute Gasteiger partial charge is 0.313 e. The molecule has 1 atom stereocenters. The van der Waals surface area contributed by atoms with E-state index < -0.39 is 12.0 Å². The zero-order valence-corrected chi connectivity index (χ0v) is 26.8. The summed E-state index contributed by atoms with van der Waals surface area (Å²) in [5.74, 6) is 0.301. The molecule has 0 amide bonds. The number of carbonyl (C=O) groups is 1. The monoisotopic (exact) mass is 621 g/mol. The number of anilines is 2. The fourth-order valence-corrected chi connectivity index (χ4v) is 6.82. The van der Waals surface area contributed by atoms with Crippen LogP contribution in [0.4, 0.5) is 20.4 Å². The number of alkyl halides is 2. The Bertz CT molecular complexity index is 1450. The fraction of sp³-hybridized carbons (Fsp3) is 0.543. The van der Waals surface area contributed by atoms with E-state index >= 15 is 0 Å². The van der Waals surface area contributed by atoms with Gasteiger partial charge in [0, 0.05) is 29.2 Å². The molecule has 242 valence electrons. The van der Waals surface area contributed by atoms with Crippen LogP contribution in [0.15, 0.2) is 48.8 Å². The van der Waals surface area contributed by atoms with E-state index in [2.05, 4.69) is 34.4 Å². The van der Waals surface area contributed by atoms with Gasteiger partial charge in [0.05, 0.1) is 31.7 Å². The summed E-state index contributed by atoms with van der Waals surface area (Å²) < 4.78 is 32.8. The third-order valence-corrected chi connectivity index (χ3v) is 9.77. The third kappa shape index (κ3) is 8.02. The number of nitrogens with zero attached hydrogens (tertiary/aromatic N) is 4. The molecule has 0 radical (unpaired) electrons. The van der Waals surface area contributed by atoms with Gasteiger partial charge in [-0.2, -0.15) is 0 Å². The Morgan fingerprint density at radius 2 is 1.76 bits per heavy atom. The van der Waals surface area contributed by atoms with Crippen LogP contribution in [0.2, 0.25) is 0 Å². The maximum absolute atomic E-state index is 13.9. The van der Waals surface area contributed by atoms with Crippen LogP contribution < -0.4 is 10.4 Å². The lowest BCUT2D eigenvalue weighted by Crippen LogP contribution is -2.51. The van der Waals surface area contributed by atoms with Crippen molar-refractivity contribution in [3.63, 3.8) is 0 Å². The van der Waals surface area contributed by atoms with Crippen LogP contribution in [-0.4, -0.2) is 52.3 Å². The molecule has 45 heavy (non-hydrogen) atoms. The number of pyridine rings is 3. The molecular formula is C35H45F2N5O3. The number of halogens is 2. The highest BCUT2D eigenvalue weighted by Gasteiger charge is 2.36. The Labute approximate surface area is 264 Å². The largest absolute Gasteiger partial charge is 0.845 e. The van der Waals surface area contributed by atoms with Crippen LogP contribution in [0.5, 0.6) is 0 Å². The molecule has 2 fully saturated rings. The highest BCUT2D eigenvalue weighted by molar-refractivity contribution is 5.72. The van der Waals surface area contributed by atoms with Crippen molar-refractivity contribution in [3.8, 4) is 11.3 Å². The molecule has 3 heterocycles. The summed E-state index contributed by atoms with van der Waals surface area (Å²) in [7, 11) is 4.31. The van der Waals surface area contributed by atoms with Gasteiger partial charge in [0.2, 0.25) is 6.73 Å². The fourth-order valence-electron chi connectivity index (χ4n) is 6.82. The Morgan fingerprint density at radius 3 is 2.42 bits per heavy atom. The summed E-state index contributed by atoms with van der Waals surface area (Å²) in [5, 5.41) is 16.9. The first kappa shape index (κ1) is 32.9. The van der Waals surface area contributed by atoms with Gasteiger partial charge in [-0.15, -0.1) is 0 Å². The summed E-state index contributed by atoms with van der Waals surface area (Å²) in [6.45, 7) is 4.00. The number of quaternary nitrogens is 1. The average Bonchev–Trinajstić information content (AvgIpc) is 3.04.